The van der Waals surface area contributed by atoms with Gasteiger partial charge in [-0.05, 0) is 63.7 Å². The van der Waals surface area contributed by atoms with Crippen molar-refractivity contribution in [3.8, 4) is 0 Å². The van der Waals surface area contributed by atoms with Crippen LogP contribution in [0.3, 0.4) is 0 Å². The van der Waals surface area contributed by atoms with Gasteiger partial charge in [-0.3, -0.25) is 4.79 Å². The molecule has 0 aromatic rings. The Kier molecular flexibility index (Phi) is 17.1. The van der Waals surface area contributed by atoms with Crippen molar-refractivity contribution in [3.05, 3.63) is 37.0 Å². The summed E-state index contributed by atoms with van der Waals surface area (Å²) in [6.45, 7) is 14.8. The summed E-state index contributed by atoms with van der Waals surface area (Å²) in [4.78, 5) is 12.2. The van der Waals surface area contributed by atoms with Crippen LogP contribution in [0.2, 0.25) is 0 Å². The molecule has 5 unspecified atom stereocenters. The van der Waals surface area contributed by atoms with E-state index in [2.05, 4.69) is 39.5 Å². The molecule has 6 nitrogen and oxygen atoms in total. The van der Waals surface area contributed by atoms with E-state index in [0.29, 0.717) is 32.5 Å². The van der Waals surface area contributed by atoms with Crippen LogP contribution in [0.4, 0.5) is 0 Å². The zero-order chi connectivity index (χ0) is 30.2. The van der Waals surface area contributed by atoms with Crippen LogP contribution in [-0.2, 0) is 19.0 Å². The minimum Gasteiger partial charge on any atom is -0.466 e. The SMILES string of the molecule is C=CCCCCOC(O)C(C)(CC(C)(C)C(C)(CCCC(=O)OCCCC)C(O)OC)SC(=S)C1C=CC=CC1. The van der Waals surface area contributed by atoms with Crippen molar-refractivity contribution >= 4 is 34.1 Å². The van der Waals surface area contributed by atoms with E-state index >= 15 is 0 Å². The van der Waals surface area contributed by atoms with E-state index in [4.69, 9.17) is 26.4 Å². The monoisotopic (exact) mass is 598 g/mol. The highest BCUT2D eigenvalue weighted by atomic mass is 32.2. The third-order valence-electron chi connectivity index (χ3n) is 8.16. The van der Waals surface area contributed by atoms with Gasteiger partial charge in [0.2, 0.25) is 0 Å². The number of rotatable bonds is 21. The molecular formula is C32H54O6S2. The normalized spacial score (nSPS) is 19.9. The van der Waals surface area contributed by atoms with E-state index in [0.717, 1.165) is 42.7 Å². The lowest BCUT2D eigenvalue weighted by molar-refractivity contribution is -0.203. The van der Waals surface area contributed by atoms with Gasteiger partial charge in [0.05, 0.1) is 15.6 Å². The molecule has 1 aliphatic rings. The topological polar surface area (TPSA) is 85.2 Å². The summed E-state index contributed by atoms with van der Waals surface area (Å²) in [5, 5.41) is 22.5. The first-order valence-corrected chi connectivity index (χ1v) is 15.9. The first-order valence-electron chi connectivity index (χ1n) is 14.7. The van der Waals surface area contributed by atoms with Crippen molar-refractivity contribution in [2.75, 3.05) is 20.3 Å². The number of hydrogen-bond donors (Lipinski definition) is 2. The maximum atomic E-state index is 12.2. The number of carbonyl (C=O) groups excluding carboxylic acids is 1. The fourth-order valence-electron chi connectivity index (χ4n) is 5.13. The van der Waals surface area contributed by atoms with Gasteiger partial charge in [-0.15, -0.1) is 18.3 Å². The van der Waals surface area contributed by atoms with Crippen LogP contribution < -0.4 is 0 Å². The Morgan fingerprint density at radius 2 is 1.85 bits per heavy atom. The molecule has 0 amide bonds. The van der Waals surface area contributed by atoms with Crippen molar-refractivity contribution in [1.29, 1.82) is 0 Å². The molecule has 0 saturated heterocycles. The Morgan fingerprint density at radius 1 is 1.12 bits per heavy atom. The molecule has 5 atom stereocenters. The van der Waals surface area contributed by atoms with E-state index in [1.54, 1.807) is 0 Å². The average molecular weight is 599 g/mol. The van der Waals surface area contributed by atoms with Crippen molar-refractivity contribution in [3.63, 3.8) is 0 Å². The standard InChI is InChI=1S/C32H54O6S2/c1-8-10-12-16-23-38-29(35)32(6,40-27(39)25-18-14-13-15-19-25)24-30(3,4)31(5,28(34)36-7)21-17-20-26(33)37-22-11-9-2/h8,13-15,18,25,28-29,34-35H,1,9-12,16-17,19-24H2,2-7H3. The number of thiocarbonyl (C=S) groups is 1. The molecule has 230 valence electrons. The molecule has 8 heteroatoms. The second-order valence-corrected chi connectivity index (χ2v) is 14.2. The Bertz CT molecular complexity index is 841. The van der Waals surface area contributed by atoms with Crippen LogP contribution in [0.15, 0.2) is 37.0 Å². The average Bonchev–Trinajstić information content (AvgIpc) is 2.92. The number of hydrogen-bond acceptors (Lipinski definition) is 8. The van der Waals surface area contributed by atoms with Crippen LogP contribution in [-0.4, -0.2) is 58.0 Å². The predicted octanol–water partition coefficient (Wildman–Crippen LogP) is 7.53. The molecule has 1 aliphatic carbocycles. The molecule has 1 rings (SSSR count). The Morgan fingerprint density at radius 3 is 2.45 bits per heavy atom. The molecule has 0 fully saturated rings. The van der Waals surface area contributed by atoms with Gasteiger partial charge >= 0.3 is 5.97 Å². The number of carbonyl (C=O) groups is 1. The molecule has 0 aromatic heterocycles. The molecule has 2 N–H and O–H groups in total. The maximum absolute atomic E-state index is 12.2. The van der Waals surface area contributed by atoms with Crippen molar-refractivity contribution in [2.45, 2.75) is 116 Å². The van der Waals surface area contributed by atoms with Gasteiger partial charge in [-0.2, -0.15) is 0 Å². The Balaban J connectivity index is 3.13. The first-order chi connectivity index (χ1) is 18.9. The van der Waals surface area contributed by atoms with E-state index in [9.17, 15) is 15.0 Å². The van der Waals surface area contributed by atoms with Gasteiger partial charge < -0.3 is 24.4 Å². The lowest BCUT2D eigenvalue weighted by Crippen LogP contribution is -2.52. The summed E-state index contributed by atoms with van der Waals surface area (Å²) in [6.07, 6.45) is 15.2. The van der Waals surface area contributed by atoms with E-state index in [-0.39, 0.29) is 18.3 Å². The van der Waals surface area contributed by atoms with Crippen LogP contribution >= 0.6 is 24.0 Å². The highest BCUT2D eigenvalue weighted by molar-refractivity contribution is 8.24. The zero-order valence-corrected chi connectivity index (χ0v) is 27.3. The molecule has 0 spiro atoms. The Hall–Kier alpha value is -1.03. The highest BCUT2D eigenvalue weighted by Gasteiger charge is 2.52. The van der Waals surface area contributed by atoms with Crippen LogP contribution in [0.5, 0.6) is 0 Å². The molecule has 40 heavy (non-hydrogen) atoms. The van der Waals surface area contributed by atoms with E-state index in [1.807, 2.05) is 32.1 Å². The van der Waals surface area contributed by atoms with Gasteiger partial charge in [-0.1, -0.05) is 76.7 Å². The van der Waals surface area contributed by atoms with Crippen LogP contribution in [0.25, 0.3) is 0 Å². The lowest BCUT2D eigenvalue weighted by Gasteiger charge is -2.51. The van der Waals surface area contributed by atoms with Gasteiger partial charge in [0.25, 0.3) is 0 Å². The largest absolute Gasteiger partial charge is 0.466 e. The molecule has 0 radical (unpaired) electrons. The number of allylic oxidation sites excluding steroid dienone is 5. The molecule has 0 aliphatic heterocycles. The Labute approximate surface area is 253 Å². The summed E-state index contributed by atoms with van der Waals surface area (Å²) < 4.78 is 16.8. The lowest BCUT2D eigenvalue weighted by atomic mass is 9.60. The van der Waals surface area contributed by atoms with Crippen molar-refractivity contribution in [2.24, 2.45) is 16.7 Å². The van der Waals surface area contributed by atoms with Gasteiger partial charge in [0.1, 0.15) is 0 Å². The molecular weight excluding hydrogens is 544 g/mol. The first kappa shape index (κ1) is 37.0. The summed E-state index contributed by atoms with van der Waals surface area (Å²) in [5.41, 5.74) is -1.27. The number of thioether (sulfide) groups is 1. The number of unbranched alkanes of at least 4 members (excludes halogenated alkanes) is 3. The third kappa shape index (κ3) is 11.7. The second kappa shape index (κ2) is 18.5. The highest BCUT2D eigenvalue weighted by Crippen LogP contribution is 2.54. The summed E-state index contributed by atoms with van der Waals surface area (Å²) in [5.74, 6) is -0.122. The predicted molar refractivity (Wildman–Crippen MR) is 170 cm³/mol. The number of esters is 1. The van der Waals surface area contributed by atoms with Gasteiger partial charge in [0, 0.05) is 31.5 Å². The van der Waals surface area contributed by atoms with Crippen LogP contribution in [0, 0.1) is 16.7 Å². The quantitative estimate of drug-likeness (QED) is 0.0461. The summed E-state index contributed by atoms with van der Waals surface area (Å²) >= 11 is 7.38. The minimum atomic E-state index is -1.07. The smallest absolute Gasteiger partial charge is 0.305 e. The van der Waals surface area contributed by atoms with Crippen LogP contribution in [0.1, 0.15) is 98.8 Å². The van der Waals surface area contributed by atoms with E-state index in [1.165, 1.54) is 18.9 Å². The maximum Gasteiger partial charge on any atom is 0.305 e. The fraction of sp³-hybridized carbons (Fsp3) is 0.750. The fourth-order valence-corrected chi connectivity index (χ4v) is 7.27. The van der Waals surface area contributed by atoms with Crippen molar-refractivity contribution in [1.82, 2.24) is 0 Å². The third-order valence-corrected chi connectivity index (χ3v) is 10.0. The van der Waals surface area contributed by atoms with Crippen molar-refractivity contribution < 1.29 is 29.2 Å². The molecule has 0 aromatic carbocycles. The number of ether oxygens (including phenoxy) is 3. The van der Waals surface area contributed by atoms with Gasteiger partial charge in [-0.25, -0.2) is 0 Å². The molecule has 0 saturated carbocycles. The summed E-state index contributed by atoms with van der Waals surface area (Å²) in [7, 11) is 1.49. The second-order valence-electron chi connectivity index (χ2n) is 11.9. The number of aliphatic hydroxyl groups is 2. The summed E-state index contributed by atoms with van der Waals surface area (Å²) in [6, 6.07) is 0. The number of aliphatic hydroxyl groups excluding tert-OH is 2. The molecule has 0 heterocycles. The molecule has 0 bridgehead atoms. The zero-order valence-electron chi connectivity index (χ0n) is 25.7. The number of methoxy groups -OCH3 is 1. The minimum absolute atomic E-state index is 0.0990. The van der Waals surface area contributed by atoms with Gasteiger partial charge in [0.15, 0.2) is 12.6 Å². The van der Waals surface area contributed by atoms with E-state index < -0.39 is 28.2 Å².